The molecule has 1 aliphatic rings. The zero-order valence-corrected chi connectivity index (χ0v) is 14.4. The average molecular weight is 352 g/mol. The number of ether oxygens (including phenoxy) is 1. The third-order valence-corrected chi connectivity index (χ3v) is 3.97. The van der Waals surface area contributed by atoms with Crippen molar-refractivity contribution in [1.82, 2.24) is 15.5 Å². The first-order valence-corrected chi connectivity index (χ1v) is 8.37. The van der Waals surface area contributed by atoms with Gasteiger partial charge in [0.15, 0.2) is 0 Å². The lowest BCUT2D eigenvalue weighted by Gasteiger charge is -2.31. The fourth-order valence-corrected chi connectivity index (χ4v) is 2.56. The van der Waals surface area contributed by atoms with Crippen molar-refractivity contribution in [2.75, 3.05) is 19.7 Å². The van der Waals surface area contributed by atoms with E-state index in [1.54, 1.807) is 36.2 Å². The minimum Gasteiger partial charge on any atom is -0.450 e. The summed E-state index contributed by atoms with van der Waals surface area (Å²) in [6, 6.07) is 7.11. The number of amides is 3. The van der Waals surface area contributed by atoms with E-state index >= 15 is 0 Å². The minimum absolute atomic E-state index is 0.0552. The van der Waals surface area contributed by atoms with Crippen molar-refractivity contribution < 1.29 is 14.3 Å². The van der Waals surface area contributed by atoms with Gasteiger partial charge in [0.25, 0.3) is 0 Å². The van der Waals surface area contributed by atoms with E-state index in [9.17, 15) is 9.59 Å². The number of nitrogens with one attached hydrogen (secondary N) is 2. The van der Waals surface area contributed by atoms with Gasteiger partial charge in [-0.1, -0.05) is 23.7 Å². The van der Waals surface area contributed by atoms with Gasteiger partial charge in [0.1, 0.15) is 0 Å². The van der Waals surface area contributed by atoms with Crippen molar-refractivity contribution in [2.45, 2.75) is 25.8 Å². The smallest absolute Gasteiger partial charge is 0.409 e. The Kier molecular flexibility index (Phi) is 6.93. The zero-order valence-electron chi connectivity index (χ0n) is 13.6. The first-order valence-electron chi connectivity index (χ1n) is 7.99. The largest absolute Gasteiger partial charge is 0.450 e. The number of hydrogen-bond acceptors (Lipinski definition) is 3. The van der Waals surface area contributed by atoms with Gasteiger partial charge in [0, 0.05) is 30.4 Å². The summed E-state index contributed by atoms with van der Waals surface area (Å²) in [4.78, 5) is 25.2. The van der Waals surface area contributed by atoms with E-state index in [4.69, 9.17) is 16.3 Å². The van der Waals surface area contributed by atoms with Crippen molar-refractivity contribution in [3.8, 4) is 0 Å². The molecule has 1 saturated heterocycles. The van der Waals surface area contributed by atoms with Gasteiger partial charge in [-0.05, 0) is 43.5 Å². The van der Waals surface area contributed by atoms with Crippen LogP contribution in [0.5, 0.6) is 0 Å². The third kappa shape index (κ3) is 5.77. The number of piperidine rings is 1. The molecule has 7 heteroatoms. The number of carbonyl (C=O) groups is 2. The highest BCUT2D eigenvalue weighted by atomic mass is 35.5. The normalized spacial score (nSPS) is 15.3. The Balaban J connectivity index is 1.70. The number of carbonyl (C=O) groups excluding carboxylic acids is 2. The molecule has 0 atom stereocenters. The van der Waals surface area contributed by atoms with Crippen molar-refractivity contribution >= 4 is 29.8 Å². The Morgan fingerprint density at radius 1 is 1.29 bits per heavy atom. The van der Waals surface area contributed by atoms with Crippen LogP contribution in [0.2, 0.25) is 5.02 Å². The van der Waals surface area contributed by atoms with Crippen LogP contribution in [0.25, 0.3) is 6.08 Å². The van der Waals surface area contributed by atoms with E-state index < -0.39 is 0 Å². The van der Waals surface area contributed by atoms with Gasteiger partial charge in [-0.2, -0.15) is 0 Å². The Bertz CT molecular complexity index is 581. The molecule has 6 nitrogen and oxygen atoms in total. The third-order valence-electron chi connectivity index (χ3n) is 3.72. The molecule has 0 radical (unpaired) electrons. The molecule has 0 saturated carbocycles. The van der Waals surface area contributed by atoms with Crippen LogP contribution in [0.15, 0.2) is 30.5 Å². The standard InChI is InChI=1S/C17H22ClN3O3/c1-2-24-17(23)21-11-8-15(9-12-21)20-16(22)19-10-7-13-3-5-14(18)6-4-13/h3-7,10,15H,2,8-9,11-12H2,1H3,(H2,19,20,22)/b10-7+. The maximum absolute atomic E-state index is 11.9. The van der Waals surface area contributed by atoms with Gasteiger partial charge in [0.05, 0.1) is 6.61 Å². The maximum Gasteiger partial charge on any atom is 0.409 e. The Morgan fingerprint density at radius 2 is 1.96 bits per heavy atom. The molecule has 1 aromatic rings. The van der Waals surface area contributed by atoms with Gasteiger partial charge in [-0.3, -0.25) is 0 Å². The Labute approximate surface area is 146 Å². The summed E-state index contributed by atoms with van der Waals surface area (Å²) >= 11 is 5.82. The van der Waals surface area contributed by atoms with Crippen molar-refractivity contribution in [1.29, 1.82) is 0 Å². The average Bonchev–Trinajstić information content (AvgIpc) is 2.57. The number of hydrogen-bond donors (Lipinski definition) is 2. The van der Waals surface area contributed by atoms with E-state index in [0.29, 0.717) is 37.6 Å². The SMILES string of the molecule is CCOC(=O)N1CCC(NC(=O)N/C=C/c2ccc(Cl)cc2)CC1. The van der Waals surface area contributed by atoms with Crippen molar-refractivity contribution in [3.63, 3.8) is 0 Å². The fourth-order valence-electron chi connectivity index (χ4n) is 2.44. The van der Waals surface area contributed by atoms with E-state index in [2.05, 4.69) is 10.6 Å². The molecular weight excluding hydrogens is 330 g/mol. The molecule has 0 aromatic heterocycles. The van der Waals surface area contributed by atoms with Crippen LogP contribution in [-0.2, 0) is 4.74 Å². The number of benzene rings is 1. The van der Waals surface area contributed by atoms with Crippen LogP contribution in [0.1, 0.15) is 25.3 Å². The summed E-state index contributed by atoms with van der Waals surface area (Å²) in [5.74, 6) is 0. The summed E-state index contributed by atoms with van der Waals surface area (Å²) in [7, 11) is 0. The molecule has 2 N–H and O–H groups in total. The summed E-state index contributed by atoms with van der Waals surface area (Å²) in [6.45, 7) is 3.34. The quantitative estimate of drug-likeness (QED) is 0.874. The molecular formula is C17H22ClN3O3. The molecule has 1 fully saturated rings. The van der Waals surface area contributed by atoms with Crippen LogP contribution in [-0.4, -0.2) is 42.8 Å². The van der Waals surface area contributed by atoms with Crippen LogP contribution >= 0.6 is 11.6 Å². The highest BCUT2D eigenvalue weighted by Gasteiger charge is 2.24. The predicted octanol–water partition coefficient (Wildman–Crippen LogP) is 3.23. The second-order valence-corrected chi connectivity index (χ2v) is 5.90. The highest BCUT2D eigenvalue weighted by Crippen LogP contribution is 2.12. The molecule has 3 amide bonds. The van der Waals surface area contributed by atoms with E-state index in [-0.39, 0.29) is 18.2 Å². The number of urea groups is 1. The van der Waals surface area contributed by atoms with E-state index in [1.807, 2.05) is 12.1 Å². The van der Waals surface area contributed by atoms with Crippen LogP contribution < -0.4 is 10.6 Å². The molecule has 0 bridgehead atoms. The lowest BCUT2D eigenvalue weighted by Crippen LogP contribution is -2.48. The number of likely N-dealkylation sites (tertiary alicyclic amines) is 1. The van der Waals surface area contributed by atoms with Crippen LogP contribution in [0.4, 0.5) is 9.59 Å². The monoisotopic (exact) mass is 351 g/mol. The molecule has 0 spiro atoms. The topological polar surface area (TPSA) is 70.7 Å². The maximum atomic E-state index is 11.9. The molecule has 1 aliphatic heterocycles. The van der Waals surface area contributed by atoms with Crippen LogP contribution in [0.3, 0.4) is 0 Å². The molecule has 0 aliphatic carbocycles. The second-order valence-electron chi connectivity index (χ2n) is 5.46. The van der Waals surface area contributed by atoms with Gasteiger partial charge >= 0.3 is 12.1 Å². The Hall–Kier alpha value is -2.21. The molecule has 1 heterocycles. The van der Waals surface area contributed by atoms with E-state index in [0.717, 1.165) is 5.56 Å². The van der Waals surface area contributed by atoms with Gasteiger partial charge < -0.3 is 20.3 Å². The Morgan fingerprint density at radius 3 is 2.58 bits per heavy atom. The molecule has 24 heavy (non-hydrogen) atoms. The number of nitrogens with zero attached hydrogens (tertiary/aromatic N) is 1. The molecule has 130 valence electrons. The summed E-state index contributed by atoms with van der Waals surface area (Å²) in [5, 5.41) is 6.26. The van der Waals surface area contributed by atoms with Crippen molar-refractivity contribution in [2.24, 2.45) is 0 Å². The summed E-state index contributed by atoms with van der Waals surface area (Å²) in [6.07, 6.45) is 4.53. The summed E-state index contributed by atoms with van der Waals surface area (Å²) in [5.41, 5.74) is 0.947. The lowest BCUT2D eigenvalue weighted by atomic mass is 10.1. The van der Waals surface area contributed by atoms with Gasteiger partial charge in [-0.15, -0.1) is 0 Å². The highest BCUT2D eigenvalue weighted by molar-refractivity contribution is 6.30. The van der Waals surface area contributed by atoms with Gasteiger partial charge in [-0.25, -0.2) is 9.59 Å². The first-order chi connectivity index (χ1) is 11.6. The van der Waals surface area contributed by atoms with Gasteiger partial charge in [0.2, 0.25) is 0 Å². The second kappa shape index (κ2) is 9.17. The van der Waals surface area contributed by atoms with E-state index in [1.165, 1.54) is 0 Å². The predicted molar refractivity (Wildman–Crippen MR) is 93.8 cm³/mol. The van der Waals surface area contributed by atoms with Crippen molar-refractivity contribution in [3.05, 3.63) is 41.1 Å². The number of halogens is 1. The first kappa shape index (κ1) is 18.1. The summed E-state index contributed by atoms with van der Waals surface area (Å²) < 4.78 is 4.97. The zero-order chi connectivity index (χ0) is 17.4. The number of rotatable bonds is 4. The molecule has 2 rings (SSSR count). The fraction of sp³-hybridized carbons (Fsp3) is 0.412. The molecule has 1 aromatic carbocycles. The minimum atomic E-state index is -0.286. The van der Waals surface area contributed by atoms with Crippen LogP contribution in [0, 0.1) is 0 Å². The lowest BCUT2D eigenvalue weighted by molar-refractivity contribution is 0.0958. The molecule has 0 unspecified atom stereocenters.